The SMILES string of the molecule is CC(C)[C@H](Cn1nnc2ccccc21)NC(=O)c1ccn(C)n1. The van der Waals surface area contributed by atoms with E-state index in [2.05, 4.69) is 34.6 Å². The number of nitrogens with zero attached hydrogens (tertiary/aromatic N) is 5. The summed E-state index contributed by atoms with van der Waals surface area (Å²) in [5.74, 6) is 0.0827. The van der Waals surface area contributed by atoms with Crippen LogP contribution in [0.1, 0.15) is 24.3 Å². The van der Waals surface area contributed by atoms with Gasteiger partial charge in [0.25, 0.3) is 5.91 Å². The van der Waals surface area contributed by atoms with Gasteiger partial charge in [0.2, 0.25) is 0 Å². The number of rotatable bonds is 5. The van der Waals surface area contributed by atoms with Crippen molar-refractivity contribution >= 4 is 16.9 Å². The smallest absolute Gasteiger partial charge is 0.272 e. The number of benzene rings is 1. The van der Waals surface area contributed by atoms with Crippen molar-refractivity contribution in [1.82, 2.24) is 30.1 Å². The molecule has 0 radical (unpaired) electrons. The third kappa shape index (κ3) is 3.23. The highest BCUT2D eigenvalue weighted by atomic mass is 16.2. The number of amides is 1. The van der Waals surface area contributed by atoms with Crippen LogP contribution in [0.25, 0.3) is 11.0 Å². The first kappa shape index (κ1) is 15.2. The molecule has 0 aliphatic rings. The van der Waals surface area contributed by atoms with Crippen molar-refractivity contribution in [1.29, 1.82) is 0 Å². The molecule has 0 fully saturated rings. The monoisotopic (exact) mass is 312 g/mol. The standard InChI is InChI=1S/C16H20N6O/c1-11(2)14(17-16(23)13-8-9-21(3)19-13)10-22-15-7-5-4-6-12(15)18-20-22/h4-9,11,14H,10H2,1-3H3,(H,17,23)/t14-/m0/s1. The molecule has 0 aliphatic heterocycles. The lowest BCUT2D eigenvalue weighted by atomic mass is 10.0. The van der Waals surface area contributed by atoms with Gasteiger partial charge in [-0.3, -0.25) is 9.48 Å². The van der Waals surface area contributed by atoms with Crippen LogP contribution in [0.15, 0.2) is 36.5 Å². The van der Waals surface area contributed by atoms with Gasteiger partial charge in [-0.25, -0.2) is 4.68 Å². The molecule has 2 heterocycles. The van der Waals surface area contributed by atoms with Crippen LogP contribution in [-0.2, 0) is 13.6 Å². The Morgan fingerprint density at radius 1 is 1.26 bits per heavy atom. The van der Waals surface area contributed by atoms with Crippen molar-refractivity contribution in [3.63, 3.8) is 0 Å². The zero-order chi connectivity index (χ0) is 16.4. The number of carbonyl (C=O) groups excluding carboxylic acids is 1. The van der Waals surface area contributed by atoms with Crippen LogP contribution >= 0.6 is 0 Å². The summed E-state index contributed by atoms with van der Waals surface area (Å²) >= 11 is 0. The normalized spacial score (nSPS) is 12.7. The third-order valence-electron chi connectivity index (χ3n) is 3.86. The van der Waals surface area contributed by atoms with Crippen LogP contribution in [-0.4, -0.2) is 36.7 Å². The second-order valence-electron chi connectivity index (χ2n) is 5.96. The molecule has 120 valence electrons. The van der Waals surface area contributed by atoms with Gasteiger partial charge in [-0.05, 0) is 24.1 Å². The van der Waals surface area contributed by atoms with Gasteiger partial charge in [-0.2, -0.15) is 5.10 Å². The Balaban J connectivity index is 1.78. The summed E-state index contributed by atoms with van der Waals surface area (Å²) in [5, 5.41) is 15.5. The second kappa shape index (κ2) is 6.20. The molecule has 3 rings (SSSR count). The zero-order valence-corrected chi connectivity index (χ0v) is 13.5. The Hall–Kier alpha value is -2.70. The molecule has 1 amide bonds. The number of hydrogen-bond donors (Lipinski definition) is 1. The molecule has 1 aromatic carbocycles. The van der Waals surface area contributed by atoms with Gasteiger partial charge in [0.1, 0.15) is 11.2 Å². The highest BCUT2D eigenvalue weighted by molar-refractivity contribution is 5.92. The Bertz CT molecular complexity index is 819. The fourth-order valence-corrected chi connectivity index (χ4v) is 2.44. The average Bonchev–Trinajstić information content (AvgIpc) is 3.13. The minimum atomic E-state index is -0.172. The number of aryl methyl sites for hydroxylation is 1. The predicted molar refractivity (Wildman–Crippen MR) is 86.8 cm³/mol. The molecule has 2 aromatic heterocycles. The quantitative estimate of drug-likeness (QED) is 0.776. The number of hydrogen-bond acceptors (Lipinski definition) is 4. The van der Waals surface area contributed by atoms with Crippen molar-refractivity contribution in [3.05, 3.63) is 42.2 Å². The number of aromatic nitrogens is 5. The molecular weight excluding hydrogens is 292 g/mol. The van der Waals surface area contributed by atoms with Crippen molar-refractivity contribution in [3.8, 4) is 0 Å². The average molecular weight is 312 g/mol. The van der Waals surface area contributed by atoms with Crippen molar-refractivity contribution in [2.75, 3.05) is 0 Å². The van der Waals surface area contributed by atoms with Gasteiger partial charge in [0, 0.05) is 13.2 Å². The van der Waals surface area contributed by atoms with E-state index in [1.165, 1.54) is 0 Å². The summed E-state index contributed by atoms with van der Waals surface area (Å²) in [5.41, 5.74) is 2.23. The Morgan fingerprint density at radius 3 is 2.74 bits per heavy atom. The van der Waals surface area contributed by atoms with Gasteiger partial charge in [0.15, 0.2) is 0 Å². The lowest BCUT2D eigenvalue weighted by molar-refractivity contribution is 0.0913. The van der Waals surface area contributed by atoms with Gasteiger partial charge in [-0.15, -0.1) is 5.10 Å². The molecule has 7 nitrogen and oxygen atoms in total. The van der Waals surface area contributed by atoms with E-state index in [0.29, 0.717) is 12.2 Å². The molecule has 23 heavy (non-hydrogen) atoms. The molecule has 1 atom stereocenters. The summed E-state index contributed by atoms with van der Waals surface area (Å²) in [6, 6.07) is 9.44. The highest BCUT2D eigenvalue weighted by Gasteiger charge is 2.20. The molecule has 0 saturated carbocycles. The Morgan fingerprint density at radius 2 is 2.04 bits per heavy atom. The Labute approximate surface area is 134 Å². The first-order valence-electron chi connectivity index (χ1n) is 7.63. The number of para-hydroxylation sites is 1. The molecular formula is C16H20N6O. The fraction of sp³-hybridized carbons (Fsp3) is 0.375. The fourth-order valence-electron chi connectivity index (χ4n) is 2.44. The van der Waals surface area contributed by atoms with Crippen LogP contribution < -0.4 is 5.32 Å². The molecule has 0 spiro atoms. The second-order valence-corrected chi connectivity index (χ2v) is 5.96. The Kier molecular flexibility index (Phi) is 4.10. The van der Waals surface area contributed by atoms with Crippen molar-refractivity contribution in [2.45, 2.75) is 26.4 Å². The molecule has 1 N–H and O–H groups in total. The van der Waals surface area contributed by atoms with E-state index >= 15 is 0 Å². The van der Waals surface area contributed by atoms with Crippen LogP contribution in [0.2, 0.25) is 0 Å². The zero-order valence-electron chi connectivity index (χ0n) is 13.5. The van der Waals surface area contributed by atoms with E-state index in [4.69, 9.17) is 0 Å². The first-order chi connectivity index (χ1) is 11.0. The third-order valence-corrected chi connectivity index (χ3v) is 3.86. The van der Waals surface area contributed by atoms with Crippen LogP contribution in [0.5, 0.6) is 0 Å². The van der Waals surface area contributed by atoms with Gasteiger partial charge in [-0.1, -0.05) is 31.2 Å². The number of fused-ring (bicyclic) bond motifs is 1. The topological polar surface area (TPSA) is 77.6 Å². The summed E-state index contributed by atoms with van der Waals surface area (Å²) in [7, 11) is 1.79. The molecule has 0 aliphatic carbocycles. The lowest BCUT2D eigenvalue weighted by Crippen LogP contribution is -2.42. The number of nitrogens with one attached hydrogen (secondary N) is 1. The van der Waals surface area contributed by atoms with Gasteiger partial charge < -0.3 is 5.32 Å². The van der Waals surface area contributed by atoms with E-state index in [0.717, 1.165) is 11.0 Å². The minimum absolute atomic E-state index is 0.0605. The molecule has 3 aromatic rings. The van der Waals surface area contributed by atoms with E-state index in [9.17, 15) is 4.79 Å². The molecule has 0 unspecified atom stereocenters. The van der Waals surface area contributed by atoms with E-state index in [1.807, 2.05) is 28.9 Å². The largest absolute Gasteiger partial charge is 0.346 e. The summed E-state index contributed by atoms with van der Waals surface area (Å²) in [6.45, 7) is 4.71. The van der Waals surface area contributed by atoms with E-state index < -0.39 is 0 Å². The van der Waals surface area contributed by atoms with Crippen molar-refractivity contribution < 1.29 is 4.79 Å². The first-order valence-corrected chi connectivity index (χ1v) is 7.63. The highest BCUT2D eigenvalue weighted by Crippen LogP contribution is 2.13. The van der Waals surface area contributed by atoms with Crippen LogP contribution in [0.4, 0.5) is 0 Å². The predicted octanol–water partition coefficient (Wildman–Crippen LogP) is 1.62. The molecule has 0 saturated heterocycles. The summed E-state index contributed by atoms with van der Waals surface area (Å²) in [6.07, 6.45) is 1.75. The maximum absolute atomic E-state index is 12.3. The van der Waals surface area contributed by atoms with Crippen molar-refractivity contribution in [2.24, 2.45) is 13.0 Å². The number of carbonyl (C=O) groups is 1. The lowest BCUT2D eigenvalue weighted by Gasteiger charge is -2.22. The van der Waals surface area contributed by atoms with Crippen LogP contribution in [0, 0.1) is 5.92 Å². The minimum Gasteiger partial charge on any atom is -0.346 e. The van der Waals surface area contributed by atoms with E-state index in [-0.39, 0.29) is 17.9 Å². The molecule has 7 heteroatoms. The van der Waals surface area contributed by atoms with Gasteiger partial charge in [0.05, 0.1) is 18.1 Å². The summed E-state index contributed by atoms with van der Waals surface area (Å²) < 4.78 is 3.45. The van der Waals surface area contributed by atoms with Gasteiger partial charge >= 0.3 is 0 Å². The summed E-state index contributed by atoms with van der Waals surface area (Å²) in [4.78, 5) is 12.3. The molecule has 0 bridgehead atoms. The maximum Gasteiger partial charge on any atom is 0.272 e. The van der Waals surface area contributed by atoms with E-state index in [1.54, 1.807) is 24.0 Å². The maximum atomic E-state index is 12.3. The van der Waals surface area contributed by atoms with Crippen LogP contribution in [0.3, 0.4) is 0 Å².